The summed E-state index contributed by atoms with van der Waals surface area (Å²) < 4.78 is 0. The van der Waals surface area contributed by atoms with E-state index in [4.69, 9.17) is 5.11 Å². The number of carbonyl (C=O) groups excluding carboxylic acids is 2. The van der Waals surface area contributed by atoms with Crippen LogP contribution in [-0.4, -0.2) is 39.3 Å². The summed E-state index contributed by atoms with van der Waals surface area (Å²) in [5.74, 6) is -2.75. The summed E-state index contributed by atoms with van der Waals surface area (Å²) in [7, 11) is 0. The average Bonchev–Trinajstić information content (AvgIpc) is 2.66. The van der Waals surface area contributed by atoms with Crippen molar-refractivity contribution in [1.82, 2.24) is 4.90 Å². The quantitative estimate of drug-likeness (QED) is 0.484. The second-order valence-electron chi connectivity index (χ2n) is 3.99. The maximum atomic E-state index is 11.9. The van der Waals surface area contributed by atoms with Crippen molar-refractivity contribution in [3.05, 3.63) is 46.0 Å². The Morgan fingerprint density at radius 2 is 1.85 bits per heavy atom. The van der Waals surface area contributed by atoms with Crippen molar-refractivity contribution >= 4 is 29.0 Å². The lowest BCUT2D eigenvalue weighted by atomic mass is 10.1. The number of carbonyl (C=O) groups is 3. The Bertz CT molecular complexity index is 646. The predicted molar refractivity (Wildman–Crippen MR) is 65.4 cm³/mol. The second-order valence-corrected chi connectivity index (χ2v) is 3.99. The fourth-order valence-corrected chi connectivity index (χ4v) is 1.76. The summed E-state index contributed by atoms with van der Waals surface area (Å²) in [4.78, 5) is 44.5. The predicted octanol–water partition coefficient (Wildman–Crippen LogP) is 0.432. The van der Waals surface area contributed by atoms with E-state index < -0.39 is 29.3 Å². The number of aliphatic carboxylic acids is 1. The Morgan fingerprint density at radius 1 is 1.25 bits per heavy atom. The van der Waals surface area contributed by atoms with Crippen LogP contribution < -0.4 is 0 Å². The number of imide groups is 1. The summed E-state index contributed by atoms with van der Waals surface area (Å²) >= 11 is 0. The van der Waals surface area contributed by atoms with Crippen LogP contribution in [0.3, 0.4) is 0 Å². The number of rotatable bonds is 4. The van der Waals surface area contributed by atoms with E-state index in [0.717, 1.165) is 6.08 Å². The topological polar surface area (TPSA) is 118 Å². The van der Waals surface area contributed by atoms with E-state index in [1.807, 2.05) is 0 Å². The highest BCUT2D eigenvalue weighted by atomic mass is 16.6. The van der Waals surface area contributed by atoms with E-state index in [0.29, 0.717) is 10.5 Å². The van der Waals surface area contributed by atoms with Crippen LogP contribution in [0.4, 0.5) is 5.69 Å². The van der Waals surface area contributed by atoms with E-state index >= 15 is 0 Å². The van der Waals surface area contributed by atoms with E-state index in [9.17, 15) is 24.5 Å². The largest absolute Gasteiger partial charge is 0.480 e. The van der Waals surface area contributed by atoms with Gasteiger partial charge >= 0.3 is 5.97 Å². The summed E-state index contributed by atoms with van der Waals surface area (Å²) in [6, 6.07) is 5.07. The van der Waals surface area contributed by atoms with Gasteiger partial charge in [-0.3, -0.25) is 29.4 Å². The molecule has 0 aliphatic carbocycles. The third kappa shape index (κ3) is 2.39. The zero-order chi connectivity index (χ0) is 14.9. The molecule has 1 aliphatic rings. The van der Waals surface area contributed by atoms with Crippen molar-refractivity contribution in [2.75, 3.05) is 6.54 Å². The maximum Gasteiger partial charge on any atom is 0.323 e. The fraction of sp³-hybridized carbons (Fsp3) is 0.0833. The number of nitro benzene ring substituents is 1. The molecular weight excluding hydrogens is 268 g/mol. The van der Waals surface area contributed by atoms with Gasteiger partial charge < -0.3 is 5.11 Å². The minimum absolute atomic E-state index is 0.0196. The Morgan fingerprint density at radius 3 is 2.35 bits per heavy atom. The van der Waals surface area contributed by atoms with Gasteiger partial charge in [-0.05, 0) is 17.7 Å². The first-order chi connectivity index (χ1) is 9.40. The van der Waals surface area contributed by atoms with E-state index in [1.165, 1.54) is 24.3 Å². The highest BCUT2D eigenvalue weighted by Gasteiger charge is 2.33. The Balaban J connectivity index is 2.28. The number of benzene rings is 1. The molecule has 0 radical (unpaired) electrons. The molecule has 8 heteroatoms. The lowest BCUT2D eigenvalue weighted by Crippen LogP contribution is -2.35. The van der Waals surface area contributed by atoms with Crippen LogP contribution in [0, 0.1) is 10.1 Å². The van der Waals surface area contributed by atoms with Gasteiger partial charge in [-0.15, -0.1) is 0 Å². The number of carboxylic acid groups (broad SMARTS) is 1. The molecular formula is C12H8N2O6. The van der Waals surface area contributed by atoms with Gasteiger partial charge in [0.2, 0.25) is 0 Å². The van der Waals surface area contributed by atoms with Crippen LogP contribution in [0.25, 0.3) is 5.57 Å². The van der Waals surface area contributed by atoms with Crippen molar-refractivity contribution in [2.45, 2.75) is 0 Å². The molecule has 2 rings (SSSR count). The Labute approximate surface area is 112 Å². The van der Waals surface area contributed by atoms with Crippen molar-refractivity contribution in [3.8, 4) is 0 Å². The van der Waals surface area contributed by atoms with Crippen LogP contribution in [0.2, 0.25) is 0 Å². The van der Waals surface area contributed by atoms with Gasteiger partial charge in [0.05, 0.1) is 10.5 Å². The summed E-state index contributed by atoms with van der Waals surface area (Å²) in [6.07, 6.45) is 1.02. The average molecular weight is 276 g/mol. The van der Waals surface area contributed by atoms with Crippen LogP contribution in [-0.2, 0) is 14.4 Å². The molecule has 8 nitrogen and oxygen atoms in total. The zero-order valence-electron chi connectivity index (χ0n) is 9.98. The lowest BCUT2D eigenvalue weighted by Gasteiger charge is -2.11. The lowest BCUT2D eigenvalue weighted by molar-refractivity contribution is -0.384. The molecule has 1 aromatic carbocycles. The van der Waals surface area contributed by atoms with Gasteiger partial charge in [0.25, 0.3) is 17.5 Å². The molecule has 1 N–H and O–H groups in total. The first-order valence-electron chi connectivity index (χ1n) is 5.44. The van der Waals surface area contributed by atoms with E-state index in [1.54, 1.807) is 0 Å². The van der Waals surface area contributed by atoms with Crippen molar-refractivity contribution in [2.24, 2.45) is 0 Å². The number of amides is 2. The van der Waals surface area contributed by atoms with Crippen molar-refractivity contribution in [3.63, 3.8) is 0 Å². The van der Waals surface area contributed by atoms with Gasteiger partial charge in [0, 0.05) is 18.2 Å². The molecule has 0 unspecified atom stereocenters. The van der Waals surface area contributed by atoms with Gasteiger partial charge in [0.1, 0.15) is 6.54 Å². The molecule has 0 fully saturated rings. The van der Waals surface area contributed by atoms with Crippen molar-refractivity contribution < 1.29 is 24.4 Å². The highest BCUT2D eigenvalue weighted by molar-refractivity contribution is 6.33. The minimum atomic E-state index is -1.30. The molecule has 0 atom stereocenters. The SMILES string of the molecule is O=C(O)CN1C(=O)C=C(c2ccc([N+](=O)[O-])cc2)C1=O. The Kier molecular flexibility index (Phi) is 3.30. The van der Waals surface area contributed by atoms with Gasteiger partial charge in [-0.1, -0.05) is 0 Å². The molecule has 1 aromatic rings. The summed E-state index contributed by atoms with van der Waals surface area (Å²) in [5, 5.41) is 19.1. The molecule has 0 saturated heterocycles. The van der Waals surface area contributed by atoms with Gasteiger partial charge in [0.15, 0.2) is 0 Å². The number of non-ortho nitro benzene ring substituents is 1. The number of nitrogens with zero attached hydrogens (tertiary/aromatic N) is 2. The molecule has 20 heavy (non-hydrogen) atoms. The normalized spacial score (nSPS) is 14.4. The van der Waals surface area contributed by atoms with Gasteiger partial charge in [-0.25, -0.2) is 0 Å². The molecule has 0 spiro atoms. The molecule has 0 bridgehead atoms. The van der Waals surface area contributed by atoms with Crippen LogP contribution in [0.5, 0.6) is 0 Å². The fourth-order valence-electron chi connectivity index (χ4n) is 1.76. The molecule has 2 amide bonds. The smallest absolute Gasteiger partial charge is 0.323 e. The highest BCUT2D eigenvalue weighted by Crippen LogP contribution is 2.25. The Hall–Kier alpha value is -3.03. The van der Waals surface area contributed by atoms with Crippen LogP contribution >= 0.6 is 0 Å². The van der Waals surface area contributed by atoms with E-state index in [2.05, 4.69) is 0 Å². The minimum Gasteiger partial charge on any atom is -0.480 e. The number of hydrogen-bond acceptors (Lipinski definition) is 5. The molecule has 1 aliphatic heterocycles. The van der Waals surface area contributed by atoms with Crippen molar-refractivity contribution in [1.29, 1.82) is 0 Å². The van der Waals surface area contributed by atoms with Gasteiger partial charge in [-0.2, -0.15) is 0 Å². The third-order valence-corrected chi connectivity index (χ3v) is 2.69. The maximum absolute atomic E-state index is 11.9. The first kappa shape index (κ1) is 13.4. The molecule has 1 heterocycles. The standard InChI is InChI=1S/C12H8N2O6/c15-10-5-9(12(18)13(10)6-11(16)17)7-1-3-8(4-2-7)14(19)20/h1-5H,6H2,(H,16,17). The summed E-state index contributed by atoms with van der Waals surface area (Å²) in [6.45, 7) is -0.718. The molecule has 0 saturated carbocycles. The van der Waals surface area contributed by atoms with Crippen LogP contribution in [0.15, 0.2) is 30.3 Å². The first-order valence-corrected chi connectivity index (χ1v) is 5.44. The summed E-state index contributed by atoms with van der Waals surface area (Å²) in [5.41, 5.74) is 0.196. The molecule has 0 aromatic heterocycles. The van der Waals surface area contributed by atoms with E-state index in [-0.39, 0.29) is 11.3 Å². The molecule has 102 valence electrons. The second kappa shape index (κ2) is 4.92. The monoisotopic (exact) mass is 276 g/mol. The number of nitro groups is 1. The number of carboxylic acids is 1. The number of hydrogen-bond donors (Lipinski definition) is 1. The van der Waals surface area contributed by atoms with Crippen LogP contribution in [0.1, 0.15) is 5.56 Å². The zero-order valence-corrected chi connectivity index (χ0v) is 9.98. The third-order valence-electron chi connectivity index (χ3n) is 2.69.